The lowest BCUT2D eigenvalue weighted by atomic mass is 10.1. The van der Waals surface area contributed by atoms with E-state index in [0.29, 0.717) is 31.4 Å². The number of rotatable bonds is 5. The van der Waals surface area contributed by atoms with Crippen molar-refractivity contribution in [2.24, 2.45) is 0 Å². The van der Waals surface area contributed by atoms with Gasteiger partial charge in [-0.15, -0.1) is 10.2 Å². The normalized spacial score (nSPS) is 18.1. The number of ether oxygens (including phenoxy) is 1. The van der Waals surface area contributed by atoms with E-state index in [1.165, 1.54) is 11.1 Å². The molecule has 26 heavy (non-hydrogen) atoms. The fourth-order valence-electron chi connectivity index (χ4n) is 3.11. The Morgan fingerprint density at radius 3 is 2.58 bits per heavy atom. The molecule has 0 unspecified atom stereocenters. The molecule has 0 spiro atoms. The summed E-state index contributed by atoms with van der Waals surface area (Å²) < 4.78 is 12.8. The second-order valence-electron chi connectivity index (χ2n) is 6.40. The summed E-state index contributed by atoms with van der Waals surface area (Å²) in [6, 6.07) is 18.5. The quantitative estimate of drug-likeness (QED) is 0.632. The molecule has 0 amide bonds. The van der Waals surface area contributed by atoms with Gasteiger partial charge in [-0.25, -0.2) is 0 Å². The number of morpholine rings is 1. The van der Waals surface area contributed by atoms with Crippen LogP contribution in [0.25, 0.3) is 0 Å². The van der Waals surface area contributed by atoms with Gasteiger partial charge >= 0.3 is 0 Å². The molecule has 1 saturated heterocycles. The van der Waals surface area contributed by atoms with Gasteiger partial charge in [0.2, 0.25) is 11.8 Å². The van der Waals surface area contributed by atoms with Crippen LogP contribution in [0, 0.1) is 0 Å². The van der Waals surface area contributed by atoms with Crippen LogP contribution in [-0.2, 0) is 17.7 Å². The van der Waals surface area contributed by atoms with Gasteiger partial charge in [0.25, 0.3) is 0 Å². The highest BCUT2D eigenvalue weighted by molar-refractivity contribution is 9.10. The highest BCUT2D eigenvalue weighted by atomic mass is 79.9. The van der Waals surface area contributed by atoms with Crippen LogP contribution in [0.4, 0.5) is 0 Å². The van der Waals surface area contributed by atoms with E-state index in [4.69, 9.17) is 9.15 Å². The van der Waals surface area contributed by atoms with Crippen molar-refractivity contribution in [3.8, 4) is 0 Å². The van der Waals surface area contributed by atoms with Gasteiger partial charge in [0, 0.05) is 17.6 Å². The molecule has 5 nitrogen and oxygen atoms in total. The van der Waals surface area contributed by atoms with Crippen LogP contribution in [0.1, 0.15) is 29.0 Å². The van der Waals surface area contributed by atoms with E-state index in [0.717, 1.165) is 17.6 Å². The maximum Gasteiger partial charge on any atom is 0.230 e. The van der Waals surface area contributed by atoms with Crippen LogP contribution < -0.4 is 0 Å². The first-order valence-electron chi connectivity index (χ1n) is 8.71. The molecular weight excluding hydrogens is 394 g/mol. The summed E-state index contributed by atoms with van der Waals surface area (Å²) in [7, 11) is 0. The van der Waals surface area contributed by atoms with Gasteiger partial charge in [-0.2, -0.15) is 0 Å². The molecule has 2 heterocycles. The number of nitrogens with zero attached hydrogens (tertiary/aromatic N) is 3. The second-order valence-corrected chi connectivity index (χ2v) is 7.31. The van der Waals surface area contributed by atoms with E-state index >= 15 is 0 Å². The maximum absolute atomic E-state index is 5.93. The minimum absolute atomic E-state index is 0.0727. The molecule has 1 aliphatic heterocycles. The van der Waals surface area contributed by atoms with Crippen molar-refractivity contribution < 1.29 is 9.15 Å². The average molecular weight is 414 g/mol. The number of hydrogen-bond donors (Lipinski definition) is 0. The second kappa shape index (κ2) is 8.12. The zero-order valence-corrected chi connectivity index (χ0v) is 15.9. The van der Waals surface area contributed by atoms with E-state index in [-0.39, 0.29) is 6.10 Å². The van der Waals surface area contributed by atoms with Gasteiger partial charge in [0.05, 0.1) is 25.7 Å². The Bertz CT molecular complexity index is 836. The zero-order chi connectivity index (χ0) is 17.8. The van der Waals surface area contributed by atoms with Crippen molar-refractivity contribution >= 4 is 15.9 Å². The van der Waals surface area contributed by atoms with E-state index in [9.17, 15) is 0 Å². The molecule has 0 aliphatic carbocycles. The monoisotopic (exact) mass is 413 g/mol. The average Bonchev–Trinajstić information content (AvgIpc) is 3.10. The van der Waals surface area contributed by atoms with Crippen molar-refractivity contribution in [2.45, 2.75) is 19.1 Å². The summed E-state index contributed by atoms with van der Waals surface area (Å²) in [6.07, 6.45) is 0.738. The maximum atomic E-state index is 5.93. The highest BCUT2D eigenvalue weighted by Crippen LogP contribution is 2.24. The Balaban J connectivity index is 1.37. The fraction of sp³-hybridized carbons (Fsp3) is 0.300. The van der Waals surface area contributed by atoms with Crippen LogP contribution in [-0.4, -0.2) is 34.8 Å². The standard InChI is InChI=1S/C20H20BrN3O2/c21-17-8-6-16(7-9-17)18-13-24(10-11-25-18)14-20-23-22-19(26-20)12-15-4-2-1-3-5-15/h1-9,18H,10-14H2/t18-/m1/s1. The third kappa shape index (κ3) is 4.38. The Morgan fingerprint density at radius 2 is 1.77 bits per heavy atom. The summed E-state index contributed by atoms with van der Waals surface area (Å²) in [5, 5.41) is 8.39. The molecule has 6 heteroatoms. The molecule has 1 fully saturated rings. The largest absolute Gasteiger partial charge is 0.424 e. The van der Waals surface area contributed by atoms with E-state index in [1.54, 1.807) is 0 Å². The van der Waals surface area contributed by atoms with E-state index in [2.05, 4.69) is 55.3 Å². The van der Waals surface area contributed by atoms with Crippen LogP contribution in [0.5, 0.6) is 0 Å². The SMILES string of the molecule is Brc1ccc([C@H]2CN(Cc3nnc(Cc4ccccc4)o3)CCO2)cc1. The third-order valence-corrected chi connectivity index (χ3v) is 4.99. The fourth-order valence-corrected chi connectivity index (χ4v) is 3.38. The third-order valence-electron chi connectivity index (χ3n) is 4.46. The molecule has 134 valence electrons. The smallest absolute Gasteiger partial charge is 0.230 e. The minimum Gasteiger partial charge on any atom is -0.424 e. The lowest BCUT2D eigenvalue weighted by Crippen LogP contribution is -2.37. The zero-order valence-electron chi connectivity index (χ0n) is 14.3. The van der Waals surface area contributed by atoms with Crippen molar-refractivity contribution in [2.75, 3.05) is 19.7 Å². The van der Waals surface area contributed by atoms with E-state index in [1.807, 2.05) is 30.3 Å². The lowest BCUT2D eigenvalue weighted by molar-refractivity contribution is -0.0352. The number of aromatic nitrogens is 2. The first-order valence-corrected chi connectivity index (χ1v) is 9.50. The Morgan fingerprint density at radius 1 is 1.00 bits per heavy atom. The first kappa shape index (κ1) is 17.4. The molecule has 1 aliphatic rings. The molecule has 4 rings (SSSR count). The molecule has 0 N–H and O–H groups in total. The highest BCUT2D eigenvalue weighted by Gasteiger charge is 2.23. The molecule has 1 atom stereocenters. The van der Waals surface area contributed by atoms with E-state index < -0.39 is 0 Å². The van der Waals surface area contributed by atoms with Crippen LogP contribution in [0.3, 0.4) is 0 Å². The predicted molar refractivity (Wildman–Crippen MR) is 102 cm³/mol. The number of halogens is 1. The molecule has 0 saturated carbocycles. The van der Waals surface area contributed by atoms with Gasteiger partial charge in [-0.3, -0.25) is 4.90 Å². The van der Waals surface area contributed by atoms with Crippen molar-refractivity contribution in [1.29, 1.82) is 0 Å². The number of benzene rings is 2. The summed E-state index contributed by atoms with van der Waals surface area (Å²) in [4.78, 5) is 2.30. The summed E-state index contributed by atoms with van der Waals surface area (Å²) >= 11 is 3.47. The van der Waals surface area contributed by atoms with Crippen molar-refractivity contribution in [1.82, 2.24) is 15.1 Å². The van der Waals surface area contributed by atoms with Gasteiger partial charge in [0.1, 0.15) is 0 Å². The molecule has 2 aromatic carbocycles. The summed E-state index contributed by atoms with van der Waals surface area (Å²) in [5.74, 6) is 1.32. The van der Waals surface area contributed by atoms with Gasteiger partial charge in [0.15, 0.2) is 0 Å². The Kier molecular flexibility index (Phi) is 5.43. The Labute approximate surface area is 161 Å². The molecule has 3 aromatic rings. The molecular formula is C20H20BrN3O2. The summed E-state index contributed by atoms with van der Waals surface area (Å²) in [5.41, 5.74) is 2.36. The van der Waals surface area contributed by atoms with Gasteiger partial charge in [-0.05, 0) is 23.3 Å². The van der Waals surface area contributed by atoms with Crippen LogP contribution in [0.2, 0.25) is 0 Å². The molecule has 1 aromatic heterocycles. The van der Waals surface area contributed by atoms with Crippen LogP contribution in [0.15, 0.2) is 63.5 Å². The summed E-state index contributed by atoms with van der Waals surface area (Å²) in [6.45, 7) is 3.03. The lowest BCUT2D eigenvalue weighted by Gasteiger charge is -2.32. The predicted octanol–water partition coefficient (Wildman–Crippen LogP) is 4.00. The Hall–Kier alpha value is -2.02. The minimum atomic E-state index is 0.0727. The van der Waals surface area contributed by atoms with Gasteiger partial charge < -0.3 is 9.15 Å². The topological polar surface area (TPSA) is 51.4 Å². The number of hydrogen-bond acceptors (Lipinski definition) is 5. The van der Waals surface area contributed by atoms with Gasteiger partial charge in [-0.1, -0.05) is 58.4 Å². The molecule has 0 bridgehead atoms. The van der Waals surface area contributed by atoms with Crippen LogP contribution >= 0.6 is 15.9 Å². The van der Waals surface area contributed by atoms with Crippen molar-refractivity contribution in [3.63, 3.8) is 0 Å². The first-order chi connectivity index (χ1) is 12.8. The molecule has 0 radical (unpaired) electrons. The van der Waals surface area contributed by atoms with Crippen molar-refractivity contribution in [3.05, 3.63) is 82.0 Å².